The van der Waals surface area contributed by atoms with Crippen molar-refractivity contribution in [1.82, 2.24) is 0 Å². The van der Waals surface area contributed by atoms with E-state index >= 15 is 0 Å². The molecule has 1 saturated carbocycles. The van der Waals surface area contributed by atoms with Crippen molar-refractivity contribution in [2.24, 2.45) is 11.8 Å². The van der Waals surface area contributed by atoms with Gasteiger partial charge in [0.1, 0.15) is 5.75 Å². The van der Waals surface area contributed by atoms with Crippen molar-refractivity contribution in [3.63, 3.8) is 0 Å². The lowest BCUT2D eigenvalue weighted by Gasteiger charge is -2.27. The number of hydrogen-bond donors (Lipinski definition) is 0. The molecule has 20 heavy (non-hydrogen) atoms. The average Bonchev–Trinajstić information content (AvgIpc) is 2.49. The van der Waals surface area contributed by atoms with E-state index in [1.165, 1.54) is 5.56 Å². The number of hydrogen-bond acceptors (Lipinski definition) is 3. The summed E-state index contributed by atoms with van der Waals surface area (Å²) in [6.07, 6.45) is 5.28. The van der Waals surface area contributed by atoms with Crippen LogP contribution in [-0.4, -0.2) is 19.7 Å². The Balaban J connectivity index is 1.80. The lowest BCUT2D eigenvalue weighted by atomic mass is 9.79. The van der Waals surface area contributed by atoms with Gasteiger partial charge >= 0.3 is 5.97 Å². The number of rotatable bonds is 5. The van der Waals surface area contributed by atoms with E-state index < -0.39 is 0 Å². The van der Waals surface area contributed by atoms with Gasteiger partial charge in [-0.05, 0) is 62.6 Å². The lowest BCUT2D eigenvalue weighted by molar-refractivity contribution is -0.149. The molecule has 0 atom stereocenters. The number of benzene rings is 1. The minimum atomic E-state index is -0.00426. The van der Waals surface area contributed by atoms with Crippen LogP contribution in [0.25, 0.3) is 0 Å². The fraction of sp³-hybridized carbons (Fsp3) is 0.588. The number of esters is 1. The summed E-state index contributed by atoms with van der Waals surface area (Å²) in [6, 6.07) is 8.30. The van der Waals surface area contributed by atoms with Gasteiger partial charge in [0.25, 0.3) is 0 Å². The Morgan fingerprint density at radius 1 is 1.15 bits per heavy atom. The van der Waals surface area contributed by atoms with E-state index in [4.69, 9.17) is 9.47 Å². The standard InChI is InChI=1S/C17H24O3/c1-3-20-17(18)15-8-4-13(5-9-15)12-14-6-10-16(19-2)11-7-14/h6-7,10-11,13,15H,3-5,8-9,12H2,1-2H3. The molecule has 0 N–H and O–H groups in total. The third kappa shape index (κ3) is 3.99. The number of carbonyl (C=O) groups is 1. The molecule has 2 rings (SSSR count). The molecule has 0 heterocycles. The summed E-state index contributed by atoms with van der Waals surface area (Å²) >= 11 is 0. The maximum absolute atomic E-state index is 11.7. The van der Waals surface area contributed by atoms with Crippen molar-refractivity contribution >= 4 is 5.97 Å². The second-order valence-electron chi connectivity index (χ2n) is 5.52. The van der Waals surface area contributed by atoms with Crippen LogP contribution in [0, 0.1) is 11.8 Å². The number of ether oxygens (including phenoxy) is 2. The fourth-order valence-corrected chi connectivity index (χ4v) is 2.96. The van der Waals surface area contributed by atoms with Gasteiger partial charge in [0.15, 0.2) is 0 Å². The summed E-state index contributed by atoms with van der Waals surface area (Å²) in [5.74, 6) is 1.71. The van der Waals surface area contributed by atoms with Gasteiger partial charge < -0.3 is 9.47 Å². The predicted octanol–water partition coefficient (Wildman–Crippen LogP) is 3.61. The van der Waals surface area contributed by atoms with Gasteiger partial charge in [-0.15, -0.1) is 0 Å². The summed E-state index contributed by atoms with van der Waals surface area (Å²) in [5, 5.41) is 0. The molecule has 1 aromatic rings. The average molecular weight is 276 g/mol. The minimum Gasteiger partial charge on any atom is -0.497 e. The Bertz CT molecular complexity index is 416. The Morgan fingerprint density at radius 2 is 1.80 bits per heavy atom. The fourth-order valence-electron chi connectivity index (χ4n) is 2.96. The maximum atomic E-state index is 11.7. The molecular weight excluding hydrogens is 252 g/mol. The highest BCUT2D eigenvalue weighted by Gasteiger charge is 2.27. The molecule has 1 aromatic carbocycles. The first kappa shape index (κ1) is 14.9. The van der Waals surface area contributed by atoms with E-state index in [2.05, 4.69) is 12.1 Å². The Morgan fingerprint density at radius 3 is 2.35 bits per heavy atom. The summed E-state index contributed by atoms with van der Waals surface area (Å²) < 4.78 is 10.3. The second-order valence-corrected chi connectivity index (χ2v) is 5.52. The van der Waals surface area contributed by atoms with Crippen molar-refractivity contribution < 1.29 is 14.3 Å². The van der Waals surface area contributed by atoms with E-state index in [0.717, 1.165) is 37.9 Å². The van der Waals surface area contributed by atoms with Crippen LogP contribution in [0.1, 0.15) is 38.2 Å². The topological polar surface area (TPSA) is 35.5 Å². The number of carbonyl (C=O) groups excluding carboxylic acids is 1. The SMILES string of the molecule is CCOC(=O)C1CCC(Cc2ccc(OC)cc2)CC1. The van der Waals surface area contributed by atoms with Crippen LogP contribution in [0.4, 0.5) is 0 Å². The van der Waals surface area contributed by atoms with Gasteiger partial charge in [0, 0.05) is 0 Å². The molecule has 0 aromatic heterocycles. The van der Waals surface area contributed by atoms with Gasteiger partial charge in [-0.2, -0.15) is 0 Å². The molecule has 1 aliphatic rings. The van der Waals surface area contributed by atoms with Crippen LogP contribution < -0.4 is 4.74 Å². The lowest BCUT2D eigenvalue weighted by Crippen LogP contribution is -2.24. The van der Waals surface area contributed by atoms with Gasteiger partial charge in [-0.1, -0.05) is 12.1 Å². The summed E-state index contributed by atoms with van der Waals surface area (Å²) in [7, 11) is 1.69. The van der Waals surface area contributed by atoms with Gasteiger partial charge in [0.05, 0.1) is 19.6 Å². The molecule has 0 bridgehead atoms. The maximum Gasteiger partial charge on any atom is 0.308 e. The number of methoxy groups -OCH3 is 1. The molecule has 0 spiro atoms. The minimum absolute atomic E-state index is 0.00426. The molecule has 0 radical (unpaired) electrons. The highest BCUT2D eigenvalue weighted by Crippen LogP contribution is 2.32. The third-order valence-corrected chi connectivity index (χ3v) is 4.15. The Kier molecular flexibility index (Phi) is 5.45. The van der Waals surface area contributed by atoms with Crippen molar-refractivity contribution in [1.29, 1.82) is 0 Å². The van der Waals surface area contributed by atoms with E-state index in [9.17, 15) is 4.79 Å². The van der Waals surface area contributed by atoms with Crippen LogP contribution in [0.5, 0.6) is 5.75 Å². The summed E-state index contributed by atoms with van der Waals surface area (Å²) in [5.41, 5.74) is 1.35. The zero-order chi connectivity index (χ0) is 14.4. The quantitative estimate of drug-likeness (QED) is 0.771. The second kappa shape index (κ2) is 7.32. The Hall–Kier alpha value is -1.51. The molecule has 3 heteroatoms. The first-order chi connectivity index (χ1) is 9.72. The van der Waals surface area contributed by atoms with Crippen molar-refractivity contribution in [2.75, 3.05) is 13.7 Å². The van der Waals surface area contributed by atoms with Crippen LogP contribution >= 0.6 is 0 Å². The van der Waals surface area contributed by atoms with Gasteiger partial charge in [-0.3, -0.25) is 4.79 Å². The van der Waals surface area contributed by atoms with Crippen LogP contribution in [0.3, 0.4) is 0 Å². The molecule has 1 fully saturated rings. The first-order valence-electron chi connectivity index (χ1n) is 7.52. The normalized spacial score (nSPS) is 22.3. The summed E-state index contributed by atoms with van der Waals surface area (Å²) in [6.45, 7) is 2.36. The summed E-state index contributed by atoms with van der Waals surface area (Å²) in [4.78, 5) is 11.7. The van der Waals surface area contributed by atoms with Gasteiger partial charge in [0.2, 0.25) is 0 Å². The van der Waals surface area contributed by atoms with Crippen LogP contribution in [0.2, 0.25) is 0 Å². The third-order valence-electron chi connectivity index (χ3n) is 4.15. The van der Waals surface area contributed by atoms with E-state index in [1.807, 2.05) is 19.1 Å². The highest BCUT2D eigenvalue weighted by atomic mass is 16.5. The molecule has 110 valence electrons. The Labute approximate surface area is 121 Å². The van der Waals surface area contributed by atoms with Crippen LogP contribution in [-0.2, 0) is 16.0 Å². The first-order valence-corrected chi connectivity index (χ1v) is 7.52. The zero-order valence-corrected chi connectivity index (χ0v) is 12.4. The molecular formula is C17H24O3. The van der Waals surface area contributed by atoms with Gasteiger partial charge in [-0.25, -0.2) is 0 Å². The molecule has 0 unspecified atom stereocenters. The molecule has 3 nitrogen and oxygen atoms in total. The highest BCUT2D eigenvalue weighted by molar-refractivity contribution is 5.72. The monoisotopic (exact) mass is 276 g/mol. The van der Waals surface area contributed by atoms with Crippen molar-refractivity contribution in [2.45, 2.75) is 39.0 Å². The van der Waals surface area contributed by atoms with Crippen molar-refractivity contribution in [3.05, 3.63) is 29.8 Å². The molecule has 0 amide bonds. The smallest absolute Gasteiger partial charge is 0.308 e. The van der Waals surface area contributed by atoms with Crippen molar-refractivity contribution in [3.8, 4) is 5.75 Å². The van der Waals surface area contributed by atoms with E-state index in [0.29, 0.717) is 12.5 Å². The van der Waals surface area contributed by atoms with E-state index in [1.54, 1.807) is 7.11 Å². The molecule has 0 aliphatic heterocycles. The predicted molar refractivity (Wildman–Crippen MR) is 78.8 cm³/mol. The zero-order valence-electron chi connectivity index (χ0n) is 12.4. The largest absolute Gasteiger partial charge is 0.497 e. The van der Waals surface area contributed by atoms with E-state index in [-0.39, 0.29) is 11.9 Å². The van der Waals surface area contributed by atoms with Crippen LogP contribution in [0.15, 0.2) is 24.3 Å². The molecule has 1 aliphatic carbocycles. The molecule has 0 saturated heterocycles.